The average molecular weight is 331 g/mol. The molecule has 0 atom stereocenters. The normalized spacial score (nSPS) is 10.9. The van der Waals surface area contributed by atoms with Gasteiger partial charge in [0.25, 0.3) is 0 Å². The van der Waals surface area contributed by atoms with Gasteiger partial charge in [0.15, 0.2) is 11.6 Å². The number of aromatic nitrogens is 4. The minimum atomic E-state index is -0.0109. The molecule has 0 aromatic carbocycles. The van der Waals surface area contributed by atoms with Gasteiger partial charge in [0.05, 0.1) is 12.8 Å². The molecule has 0 saturated carbocycles. The Morgan fingerprint density at radius 2 is 2.12 bits per heavy atom. The Morgan fingerprint density at radius 1 is 1.25 bits per heavy atom. The van der Waals surface area contributed by atoms with Crippen LogP contribution in [0, 0.1) is 6.92 Å². The summed E-state index contributed by atoms with van der Waals surface area (Å²) in [5, 5.41) is 7.62. The maximum Gasteiger partial charge on any atom is 0.238 e. The molecule has 0 aliphatic rings. The van der Waals surface area contributed by atoms with E-state index < -0.39 is 0 Å². The van der Waals surface area contributed by atoms with E-state index in [-0.39, 0.29) is 5.91 Å². The summed E-state index contributed by atoms with van der Waals surface area (Å²) in [6, 6.07) is 3.51. The van der Waals surface area contributed by atoms with Crippen LogP contribution < -0.4 is 0 Å². The molecular formula is C15H17N5O4. The van der Waals surface area contributed by atoms with Crippen molar-refractivity contribution in [3.05, 3.63) is 36.0 Å². The van der Waals surface area contributed by atoms with Crippen LogP contribution in [0.15, 0.2) is 31.9 Å². The van der Waals surface area contributed by atoms with Crippen molar-refractivity contribution in [1.82, 2.24) is 25.2 Å². The third kappa shape index (κ3) is 3.86. The first-order valence-electron chi connectivity index (χ1n) is 7.51. The first-order chi connectivity index (χ1) is 11.6. The third-order valence-corrected chi connectivity index (χ3v) is 3.36. The lowest BCUT2D eigenvalue weighted by Crippen LogP contribution is -2.26. The van der Waals surface area contributed by atoms with Crippen LogP contribution in [0.1, 0.15) is 30.4 Å². The van der Waals surface area contributed by atoms with Gasteiger partial charge in [0, 0.05) is 26.8 Å². The summed E-state index contributed by atoms with van der Waals surface area (Å²) in [5.74, 6) is 2.40. The van der Waals surface area contributed by atoms with E-state index in [1.165, 1.54) is 0 Å². The number of aryl methyl sites for hydroxylation is 2. The van der Waals surface area contributed by atoms with Crippen LogP contribution in [-0.4, -0.2) is 38.1 Å². The van der Waals surface area contributed by atoms with Crippen molar-refractivity contribution in [3.63, 3.8) is 0 Å². The largest absolute Gasteiger partial charge is 0.461 e. The summed E-state index contributed by atoms with van der Waals surface area (Å²) in [6.07, 6.45) is 3.04. The fourth-order valence-corrected chi connectivity index (χ4v) is 2.15. The fraction of sp³-hybridized carbons (Fsp3) is 0.400. The van der Waals surface area contributed by atoms with Crippen molar-refractivity contribution in [2.45, 2.75) is 32.7 Å². The van der Waals surface area contributed by atoms with Crippen LogP contribution in [0.5, 0.6) is 0 Å². The Hall–Kier alpha value is -2.97. The number of hydrogen-bond acceptors (Lipinski definition) is 8. The summed E-state index contributed by atoms with van der Waals surface area (Å²) in [5.41, 5.74) is 0. The van der Waals surface area contributed by atoms with Gasteiger partial charge in [-0.2, -0.15) is 9.97 Å². The van der Waals surface area contributed by atoms with E-state index in [1.807, 2.05) is 0 Å². The summed E-state index contributed by atoms with van der Waals surface area (Å²) < 4.78 is 15.2. The second-order valence-corrected chi connectivity index (χ2v) is 5.32. The van der Waals surface area contributed by atoms with E-state index in [0.717, 1.165) is 0 Å². The third-order valence-electron chi connectivity index (χ3n) is 3.36. The molecule has 0 bridgehead atoms. The second kappa shape index (κ2) is 7.07. The number of carbonyl (C=O) groups is 1. The smallest absolute Gasteiger partial charge is 0.238 e. The van der Waals surface area contributed by atoms with Crippen LogP contribution in [0.4, 0.5) is 0 Å². The summed E-state index contributed by atoms with van der Waals surface area (Å²) in [6.45, 7) is 2.03. The van der Waals surface area contributed by atoms with Crippen molar-refractivity contribution in [2.24, 2.45) is 0 Å². The predicted octanol–water partition coefficient (Wildman–Crippen LogP) is 2.00. The SMILES string of the molecule is Cc1nc(CN(C)C(=O)CCCc2nc(-c3ccco3)no2)no1. The van der Waals surface area contributed by atoms with E-state index in [9.17, 15) is 4.79 Å². The highest BCUT2D eigenvalue weighted by Crippen LogP contribution is 2.16. The van der Waals surface area contributed by atoms with Gasteiger partial charge in [-0.05, 0) is 18.6 Å². The molecule has 3 rings (SSSR count). The molecule has 9 heteroatoms. The lowest BCUT2D eigenvalue weighted by Gasteiger charge is -2.14. The zero-order valence-electron chi connectivity index (χ0n) is 13.4. The number of amides is 1. The number of nitrogens with zero attached hydrogens (tertiary/aromatic N) is 5. The highest BCUT2D eigenvalue weighted by atomic mass is 16.5. The van der Waals surface area contributed by atoms with Gasteiger partial charge < -0.3 is 18.4 Å². The molecule has 0 aliphatic heterocycles. The van der Waals surface area contributed by atoms with E-state index in [2.05, 4.69) is 20.3 Å². The molecule has 0 fully saturated rings. The van der Waals surface area contributed by atoms with Crippen molar-refractivity contribution in [1.29, 1.82) is 0 Å². The number of rotatable bonds is 7. The molecule has 0 spiro atoms. The Morgan fingerprint density at radius 3 is 2.83 bits per heavy atom. The van der Waals surface area contributed by atoms with E-state index in [0.29, 0.717) is 55.0 Å². The van der Waals surface area contributed by atoms with Gasteiger partial charge >= 0.3 is 0 Å². The van der Waals surface area contributed by atoms with Crippen LogP contribution in [0.25, 0.3) is 11.6 Å². The fourth-order valence-electron chi connectivity index (χ4n) is 2.15. The maximum absolute atomic E-state index is 12.1. The molecule has 24 heavy (non-hydrogen) atoms. The molecule has 9 nitrogen and oxygen atoms in total. The molecule has 126 valence electrons. The van der Waals surface area contributed by atoms with E-state index >= 15 is 0 Å². The van der Waals surface area contributed by atoms with Gasteiger partial charge in [0.2, 0.25) is 23.5 Å². The van der Waals surface area contributed by atoms with Gasteiger partial charge in [0.1, 0.15) is 0 Å². The number of hydrogen-bond donors (Lipinski definition) is 0. The molecule has 0 radical (unpaired) electrons. The van der Waals surface area contributed by atoms with E-state index in [1.54, 1.807) is 37.3 Å². The molecule has 3 aromatic rings. The van der Waals surface area contributed by atoms with Gasteiger partial charge in [-0.1, -0.05) is 10.3 Å². The molecule has 0 saturated heterocycles. The first-order valence-corrected chi connectivity index (χ1v) is 7.51. The lowest BCUT2D eigenvalue weighted by atomic mass is 10.2. The van der Waals surface area contributed by atoms with Crippen molar-refractivity contribution in [2.75, 3.05) is 7.05 Å². The molecular weight excluding hydrogens is 314 g/mol. The molecule has 0 N–H and O–H groups in total. The molecule has 1 amide bonds. The summed E-state index contributed by atoms with van der Waals surface area (Å²) >= 11 is 0. The van der Waals surface area contributed by atoms with Crippen LogP contribution >= 0.6 is 0 Å². The zero-order chi connectivity index (χ0) is 16.9. The summed E-state index contributed by atoms with van der Waals surface area (Å²) in [4.78, 5) is 22.0. The molecule has 3 heterocycles. The van der Waals surface area contributed by atoms with E-state index in [4.69, 9.17) is 13.5 Å². The molecule has 0 unspecified atom stereocenters. The quantitative estimate of drug-likeness (QED) is 0.646. The van der Waals surface area contributed by atoms with Crippen LogP contribution in [0.2, 0.25) is 0 Å². The minimum absolute atomic E-state index is 0.0109. The highest BCUT2D eigenvalue weighted by molar-refractivity contribution is 5.75. The molecule has 0 aliphatic carbocycles. The topological polar surface area (TPSA) is 111 Å². The van der Waals surface area contributed by atoms with Crippen molar-refractivity contribution in [3.8, 4) is 11.6 Å². The zero-order valence-corrected chi connectivity index (χ0v) is 13.4. The predicted molar refractivity (Wildman–Crippen MR) is 80.4 cm³/mol. The average Bonchev–Trinajstić information content (AvgIpc) is 3.28. The Balaban J connectivity index is 1.45. The van der Waals surface area contributed by atoms with Gasteiger partial charge in [-0.25, -0.2) is 0 Å². The Bertz CT molecular complexity index is 793. The Kier molecular flexibility index (Phi) is 4.69. The first kappa shape index (κ1) is 15.9. The maximum atomic E-state index is 12.1. The highest BCUT2D eigenvalue weighted by Gasteiger charge is 2.14. The summed E-state index contributed by atoms with van der Waals surface area (Å²) in [7, 11) is 1.70. The van der Waals surface area contributed by atoms with Crippen LogP contribution in [0.3, 0.4) is 0 Å². The van der Waals surface area contributed by atoms with Crippen molar-refractivity contribution >= 4 is 5.91 Å². The standard InChI is InChI=1S/C15H17N5O4/c1-10-16-12(18-23-10)9-20(2)14(21)7-3-6-13-17-15(19-24-13)11-5-4-8-22-11/h4-5,8H,3,6-7,9H2,1-2H3. The minimum Gasteiger partial charge on any atom is -0.461 e. The second-order valence-electron chi connectivity index (χ2n) is 5.32. The lowest BCUT2D eigenvalue weighted by molar-refractivity contribution is -0.130. The number of carbonyl (C=O) groups excluding carboxylic acids is 1. The monoisotopic (exact) mass is 331 g/mol. The Labute approximate surface area is 137 Å². The van der Waals surface area contributed by atoms with Gasteiger partial charge in [-0.15, -0.1) is 0 Å². The van der Waals surface area contributed by atoms with Crippen molar-refractivity contribution < 1.29 is 18.3 Å². The number of furan rings is 1. The van der Waals surface area contributed by atoms with Crippen LogP contribution in [-0.2, 0) is 17.8 Å². The molecule has 3 aromatic heterocycles. The van der Waals surface area contributed by atoms with Gasteiger partial charge in [-0.3, -0.25) is 4.79 Å².